The van der Waals surface area contributed by atoms with Crippen LogP contribution in [0.2, 0.25) is 0 Å². The Morgan fingerprint density at radius 2 is 0.685 bits per heavy atom. The second-order valence-corrected chi connectivity index (χ2v) is 21.0. The molecule has 0 unspecified atom stereocenters. The number of hydrogen-bond acceptors (Lipinski definition) is 17. The molecule has 3 amide bonds. The summed E-state index contributed by atoms with van der Waals surface area (Å²) >= 11 is 0. The van der Waals surface area contributed by atoms with E-state index in [-0.39, 0.29) is 66.0 Å². The fourth-order valence-electron chi connectivity index (χ4n) is 9.84. The van der Waals surface area contributed by atoms with Crippen LogP contribution in [0.15, 0.2) is 144 Å². The van der Waals surface area contributed by atoms with Gasteiger partial charge in [0.05, 0.1) is 51.8 Å². The average molecular weight is 1250 g/mol. The highest BCUT2D eigenvalue weighted by Gasteiger charge is 2.20. The van der Waals surface area contributed by atoms with Crippen molar-refractivity contribution in [3.8, 4) is 0 Å². The highest BCUT2D eigenvalue weighted by atomic mass is 16.4. The van der Waals surface area contributed by atoms with Gasteiger partial charge in [-0.1, -0.05) is 18.2 Å². The summed E-state index contributed by atoms with van der Waals surface area (Å²) in [5.74, 6) is -3.91. The maximum absolute atomic E-state index is 13.0. The minimum atomic E-state index is -0.833. The van der Waals surface area contributed by atoms with Crippen molar-refractivity contribution in [1.82, 2.24) is 70.5 Å². The fourth-order valence-corrected chi connectivity index (χ4v) is 9.84. The summed E-state index contributed by atoms with van der Waals surface area (Å²) in [6, 6.07) is 15.0. The van der Waals surface area contributed by atoms with Gasteiger partial charge in [-0.2, -0.15) is 0 Å². The molecular formula is C61H65N21O10. The third-order valence-corrected chi connectivity index (χ3v) is 14.0. The van der Waals surface area contributed by atoms with Gasteiger partial charge in [-0.3, -0.25) is 67.8 Å². The minimum absolute atomic E-state index is 0.00151. The summed E-state index contributed by atoms with van der Waals surface area (Å²) in [6.07, 6.45) is 22.9. The van der Waals surface area contributed by atoms with E-state index in [4.69, 9.17) is 53.2 Å². The molecule has 0 aliphatic heterocycles. The number of carboxylic acids is 2. The van der Waals surface area contributed by atoms with Crippen LogP contribution >= 0.6 is 0 Å². The molecule has 0 saturated carbocycles. The lowest BCUT2D eigenvalue weighted by molar-refractivity contribution is -0.135. The number of hydrogen-bond donors (Lipinski definition) is 8. The van der Waals surface area contributed by atoms with Gasteiger partial charge in [0.25, 0.3) is 46.3 Å². The number of aryl methyl sites for hydroxylation is 9. The van der Waals surface area contributed by atoms with Crippen LogP contribution < -0.4 is 50.3 Å². The summed E-state index contributed by atoms with van der Waals surface area (Å²) < 4.78 is 14.8. The van der Waals surface area contributed by atoms with E-state index >= 15 is 0 Å². The molecule has 12 rings (SSSR count). The van der Waals surface area contributed by atoms with Gasteiger partial charge in [0.15, 0.2) is 0 Å². The summed E-state index contributed by atoms with van der Waals surface area (Å²) in [5.41, 5.74) is 20.6. The van der Waals surface area contributed by atoms with Crippen molar-refractivity contribution in [1.29, 1.82) is 16.2 Å². The summed E-state index contributed by atoms with van der Waals surface area (Å²) in [7, 11) is 0. The predicted octanol–water partition coefficient (Wildman–Crippen LogP) is 2.65. The standard InChI is InChI=1S/3C19H19N7O2.2C2H4O2/c3*1-12-3-4-15-23-18-14(19(28)26(15)10-12)9-13(17(21)27)16(20)25(18)7-2-6-24-8-5-22-11-24;2*1-2(3)4/h3*3-5,8-11,20H,2,6-7H2,1H3,(H2,21,27);2*1H3,(H,3,4). The lowest BCUT2D eigenvalue weighted by atomic mass is 10.2. The quantitative estimate of drug-likeness (QED) is 0.0684. The zero-order valence-corrected chi connectivity index (χ0v) is 50.6. The van der Waals surface area contributed by atoms with E-state index in [1.54, 1.807) is 88.1 Å². The normalized spacial score (nSPS) is 10.9. The van der Waals surface area contributed by atoms with Gasteiger partial charge in [-0.05, 0) is 93.1 Å². The summed E-state index contributed by atoms with van der Waals surface area (Å²) in [4.78, 5) is 118. The molecule has 92 heavy (non-hydrogen) atoms. The van der Waals surface area contributed by atoms with Gasteiger partial charge in [0, 0.05) is 109 Å². The first-order valence-electron chi connectivity index (χ1n) is 28.3. The van der Waals surface area contributed by atoms with Gasteiger partial charge < -0.3 is 54.8 Å². The van der Waals surface area contributed by atoms with E-state index in [0.29, 0.717) is 92.4 Å². The van der Waals surface area contributed by atoms with Crippen LogP contribution in [0.5, 0.6) is 0 Å². The molecule has 11 N–H and O–H groups in total. The molecule has 0 fully saturated rings. The van der Waals surface area contributed by atoms with Gasteiger partial charge in [-0.15, -0.1) is 0 Å². The first-order valence-corrected chi connectivity index (χ1v) is 28.3. The van der Waals surface area contributed by atoms with Crippen LogP contribution in [0.3, 0.4) is 0 Å². The van der Waals surface area contributed by atoms with Crippen molar-refractivity contribution in [3.63, 3.8) is 0 Å². The summed E-state index contributed by atoms with van der Waals surface area (Å²) in [5, 5.41) is 40.9. The van der Waals surface area contributed by atoms with Crippen molar-refractivity contribution in [2.45, 2.75) is 93.1 Å². The Morgan fingerprint density at radius 1 is 0.435 bits per heavy atom. The molecule has 0 saturated heterocycles. The van der Waals surface area contributed by atoms with Gasteiger partial charge in [0.2, 0.25) is 0 Å². The number of aliphatic carboxylic acids is 2. The number of imidazole rings is 3. The van der Waals surface area contributed by atoms with Crippen molar-refractivity contribution < 1.29 is 34.2 Å². The first-order chi connectivity index (χ1) is 43.8. The van der Waals surface area contributed by atoms with Crippen molar-refractivity contribution in [3.05, 3.63) is 210 Å². The van der Waals surface area contributed by atoms with E-state index in [1.165, 1.54) is 31.4 Å². The third-order valence-electron chi connectivity index (χ3n) is 14.0. The largest absolute Gasteiger partial charge is 0.481 e. The van der Waals surface area contributed by atoms with Crippen molar-refractivity contribution >= 4 is 79.7 Å². The number of nitrogens with two attached hydrogens (primary N) is 3. The predicted molar refractivity (Wildman–Crippen MR) is 335 cm³/mol. The van der Waals surface area contributed by atoms with Gasteiger partial charge in [0.1, 0.15) is 50.3 Å². The third kappa shape index (κ3) is 15.1. The van der Waals surface area contributed by atoms with Crippen LogP contribution in [0.25, 0.3) is 50.0 Å². The lowest BCUT2D eigenvalue weighted by Gasteiger charge is -2.14. The highest BCUT2D eigenvalue weighted by Crippen LogP contribution is 2.16. The van der Waals surface area contributed by atoms with E-state index in [0.717, 1.165) is 30.5 Å². The number of nitrogens with one attached hydrogen (secondary N) is 3. The molecular weight excluding hydrogens is 1190 g/mol. The number of carbonyl (C=O) groups excluding carboxylic acids is 3. The van der Waals surface area contributed by atoms with E-state index in [2.05, 4.69) is 29.9 Å². The molecule has 12 heterocycles. The van der Waals surface area contributed by atoms with Crippen molar-refractivity contribution in [2.24, 2.45) is 17.2 Å². The monoisotopic (exact) mass is 1250 g/mol. The van der Waals surface area contributed by atoms with Crippen LogP contribution in [0.1, 0.15) is 80.9 Å². The topological polar surface area (TPSA) is 447 Å². The summed E-state index contributed by atoms with van der Waals surface area (Å²) in [6.45, 7) is 11.1. The molecule has 31 nitrogen and oxygen atoms in total. The lowest BCUT2D eigenvalue weighted by Crippen LogP contribution is -2.32. The molecule has 0 radical (unpaired) electrons. The number of pyridine rings is 6. The molecule has 474 valence electrons. The SMILES string of the molecule is CC(=O)O.CC(=O)O.Cc1ccc2nc3c(cc(C(N)=O)c(=N)n3CCCn3ccnc3)c(=O)n2c1.Cc1ccc2nc3c(cc(C(N)=O)c(=N)n3CCCn3ccnc3)c(=O)n2c1.Cc1ccc2nc3c(cc(C(N)=O)c(=N)n3CCCn3ccnc3)c(=O)n2c1. The molecule has 12 aromatic rings. The number of primary amides is 3. The van der Waals surface area contributed by atoms with Crippen molar-refractivity contribution in [2.75, 3.05) is 0 Å². The maximum Gasteiger partial charge on any atom is 0.300 e. The molecule has 12 aromatic heterocycles. The average Bonchev–Trinajstić information content (AvgIpc) is 0.865. The van der Waals surface area contributed by atoms with E-state index < -0.39 is 29.7 Å². The van der Waals surface area contributed by atoms with Gasteiger partial charge in [-0.25, -0.2) is 29.9 Å². The van der Waals surface area contributed by atoms with E-state index in [9.17, 15) is 28.8 Å². The Labute approximate surface area is 519 Å². The molecule has 0 atom stereocenters. The molecule has 0 spiro atoms. The smallest absolute Gasteiger partial charge is 0.300 e. The number of nitrogens with zero attached hydrogens (tertiary/aromatic N) is 15. The van der Waals surface area contributed by atoms with Crippen LogP contribution in [-0.2, 0) is 48.9 Å². The Morgan fingerprint density at radius 3 is 0.902 bits per heavy atom. The number of carbonyl (C=O) groups is 5. The zero-order valence-electron chi connectivity index (χ0n) is 50.6. The Bertz CT molecular complexity index is 4660. The second kappa shape index (κ2) is 28.7. The molecule has 0 aromatic carbocycles. The fraction of sp³-hybridized carbons (Fsp3) is 0.230. The van der Waals surface area contributed by atoms with Crippen LogP contribution in [0, 0.1) is 37.0 Å². The van der Waals surface area contributed by atoms with Crippen LogP contribution in [0.4, 0.5) is 0 Å². The zero-order chi connectivity index (χ0) is 66.7. The van der Waals surface area contributed by atoms with Crippen LogP contribution in [-0.4, -0.2) is 110 Å². The minimum Gasteiger partial charge on any atom is -0.481 e. The first kappa shape index (κ1) is 65.7. The Hall–Kier alpha value is -12.3. The molecule has 0 bridgehead atoms. The highest BCUT2D eigenvalue weighted by molar-refractivity contribution is 5.97. The number of carboxylic acid groups (broad SMARTS) is 2. The van der Waals surface area contributed by atoms with E-state index in [1.807, 2.05) is 71.3 Å². The molecule has 0 aliphatic carbocycles. The second-order valence-electron chi connectivity index (χ2n) is 21.0. The maximum atomic E-state index is 13.0. The molecule has 0 aliphatic rings. The number of amides is 3. The number of aromatic nitrogens is 15. The Balaban J connectivity index is 0.000000167. The number of rotatable bonds is 15. The number of fused-ring (bicyclic) bond motifs is 6. The van der Waals surface area contributed by atoms with Gasteiger partial charge >= 0.3 is 0 Å². The molecule has 31 heteroatoms. The Kier molecular flexibility index (Phi) is 20.5.